The molecule has 0 saturated carbocycles. The maximum Gasteiger partial charge on any atom is 0.490 e. The Labute approximate surface area is 245 Å². The van der Waals surface area contributed by atoms with Crippen LogP contribution in [-0.2, 0) is 39.9 Å². The lowest BCUT2D eigenvalue weighted by atomic mass is 9.80. The third-order valence-electron chi connectivity index (χ3n) is 7.42. The number of hydrogen-bond donors (Lipinski definition) is 2. The zero-order chi connectivity index (χ0) is 33.1. The minimum absolute atomic E-state index is 0.139. The van der Waals surface area contributed by atoms with Crippen LogP contribution < -0.4 is 4.90 Å². The number of nitrogens with zero attached hydrogens (tertiary/aromatic N) is 6. The van der Waals surface area contributed by atoms with Crippen molar-refractivity contribution in [1.29, 1.82) is 0 Å². The normalized spacial score (nSPS) is 21.5. The number of alkyl halides is 8. The number of aromatic nitrogens is 4. The highest BCUT2D eigenvalue weighted by atomic mass is 19.4. The van der Waals surface area contributed by atoms with Crippen LogP contribution >= 0.6 is 0 Å². The molecule has 1 atom stereocenters. The fraction of sp³-hybridized carbons (Fsp3) is 0.640. The molecule has 246 valence electrons. The molecule has 1 unspecified atom stereocenters. The van der Waals surface area contributed by atoms with Gasteiger partial charge < -0.3 is 19.8 Å². The van der Waals surface area contributed by atoms with E-state index in [9.17, 15) is 35.1 Å². The Morgan fingerprint density at radius 2 is 1.55 bits per heavy atom. The van der Waals surface area contributed by atoms with E-state index in [-0.39, 0.29) is 18.3 Å². The van der Waals surface area contributed by atoms with Crippen molar-refractivity contribution in [1.82, 2.24) is 24.6 Å². The van der Waals surface area contributed by atoms with Gasteiger partial charge in [-0.2, -0.15) is 31.4 Å². The molecule has 2 aromatic rings. The topological polar surface area (TPSA) is 134 Å². The van der Waals surface area contributed by atoms with Gasteiger partial charge in [-0.15, -0.1) is 0 Å². The number of rotatable bonds is 3. The molecule has 11 nitrogen and oxygen atoms in total. The van der Waals surface area contributed by atoms with E-state index in [1.165, 1.54) is 11.3 Å². The zero-order valence-corrected chi connectivity index (χ0v) is 23.6. The van der Waals surface area contributed by atoms with Gasteiger partial charge in [0.15, 0.2) is 0 Å². The highest BCUT2D eigenvalue weighted by Gasteiger charge is 2.45. The molecule has 5 heterocycles. The number of fused-ring (bicyclic) bond motifs is 2. The molecule has 2 saturated heterocycles. The molecule has 2 aromatic heterocycles. The summed E-state index contributed by atoms with van der Waals surface area (Å²) in [6, 6.07) is 0. The number of piperidine rings is 1. The maximum absolute atomic E-state index is 13.6. The van der Waals surface area contributed by atoms with Gasteiger partial charge in [0.05, 0.1) is 30.5 Å². The van der Waals surface area contributed by atoms with Crippen molar-refractivity contribution in [2.45, 2.75) is 63.0 Å². The Kier molecular flexibility index (Phi) is 10.4. The monoisotopic (exact) mass is 646 g/mol. The van der Waals surface area contributed by atoms with Crippen molar-refractivity contribution >= 4 is 17.9 Å². The molecule has 44 heavy (non-hydrogen) atoms. The summed E-state index contributed by atoms with van der Waals surface area (Å²) in [7, 11) is 1.96. The number of hydrogen-bond acceptors (Lipinski definition) is 8. The second kappa shape index (κ2) is 13.2. The molecule has 0 aliphatic carbocycles. The predicted molar refractivity (Wildman–Crippen MR) is 135 cm³/mol. The average Bonchev–Trinajstić information content (AvgIpc) is 3.47. The highest BCUT2D eigenvalue weighted by molar-refractivity contribution is 5.73. The average molecular weight is 647 g/mol. The first-order valence-electron chi connectivity index (χ1n) is 13.1. The summed E-state index contributed by atoms with van der Waals surface area (Å²) in [5, 5.41) is 18.6. The molecule has 0 bridgehead atoms. The molecule has 5 rings (SSSR count). The molecule has 3 aliphatic rings. The van der Waals surface area contributed by atoms with E-state index in [2.05, 4.69) is 21.9 Å². The van der Waals surface area contributed by atoms with Crippen molar-refractivity contribution in [2.24, 2.45) is 7.05 Å². The highest BCUT2D eigenvalue weighted by Crippen LogP contribution is 2.40. The van der Waals surface area contributed by atoms with Crippen molar-refractivity contribution in [3.05, 3.63) is 34.9 Å². The van der Waals surface area contributed by atoms with Gasteiger partial charge in [0.2, 0.25) is 5.95 Å². The third kappa shape index (κ3) is 8.73. The van der Waals surface area contributed by atoms with Gasteiger partial charge in [-0.05, 0) is 19.9 Å². The summed E-state index contributed by atoms with van der Waals surface area (Å²) < 4.78 is 98.4. The van der Waals surface area contributed by atoms with Crippen LogP contribution in [0.3, 0.4) is 0 Å². The van der Waals surface area contributed by atoms with Crippen LogP contribution in [0.4, 0.5) is 41.1 Å². The standard InChI is InChI=1S/C21H28F2N6O.2C2HF3O2/c1-15-16(10-25-27(15)2)11-28-6-3-20(13-28)14-30-12-17-9-24-19(26-18(17)20)29-7-4-21(22,23)5-8-29;2*3-2(4,5)1(6)7/h9-10H,3-8,11-14H2,1-2H3;2*(H,6,7). The van der Waals surface area contributed by atoms with E-state index < -0.39 is 30.2 Å². The summed E-state index contributed by atoms with van der Waals surface area (Å²) in [6.07, 6.45) is -5.70. The van der Waals surface area contributed by atoms with E-state index in [0.717, 1.165) is 37.3 Å². The Morgan fingerprint density at radius 1 is 0.977 bits per heavy atom. The Balaban J connectivity index is 0.000000317. The Morgan fingerprint density at radius 3 is 2.05 bits per heavy atom. The Hall–Kier alpha value is -3.61. The van der Waals surface area contributed by atoms with Crippen LogP contribution in [0.15, 0.2) is 12.4 Å². The lowest BCUT2D eigenvalue weighted by molar-refractivity contribution is -0.193. The second-order valence-corrected chi connectivity index (χ2v) is 10.6. The van der Waals surface area contributed by atoms with Gasteiger partial charge in [-0.25, -0.2) is 28.3 Å². The van der Waals surface area contributed by atoms with Gasteiger partial charge in [-0.3, -0.25) is 9.58 Å². The molecule has 3 aliphatic heterocycles. The third-order valence-corrected chi connectivity index (χ3v) is 7.42. The molecule has 0 aromatic carbocycles. The van der Waals surface area contributed by atoms with Crippen LogP contribution in [-0.4, -0.2) is 97.9 Å². The summed E-state index contributed by atoms with van der Waals surface area (Å²) in [5.41, 5.74) is 4.32. The lowest BCUT2D eigenvalue weighted by Crippen LogP contribution is -2.43. The minimum Gasteiger partial charge on any atom is -0.475 e. The summed E-state index contributed by atoms with van der Waals surface area (Å²) in [6.45, 7) is 6.51. The van der Waals surface area contributed by atoms with Crippen LogP contribution in [0.25, 0.3) is 0 Å². The van der Waals surface area contributed by atoms with E-state index in [1.54, 1.807) is 0 Å². The number of aliphatic carboxylic acids is 2. The summed E-state index contributed by atoms with van der Waals surface area (Å²) in [4.78, 5) is 31.5. The van der Waals surface area contributed by atoms with Crippen LogP contribution in [0, 0.1) is 6.92 Å². The smallest absolute Gasteiger partial charge is 0.475 e. The van der Waals surface area contributed by atoms with Gasteiger partial charge in [0.1, 0.15) is 0 Å². The molecular weight excluding hydrogens is 616 g/mol. The molecule has 19 heteroatoms. The number of anilines is 1. The quantitative estimate of drug-likeness (QED) is 0.476. The number of carbonyl (C=O) groups is 2. The van der Waals surface area contributed by atoms with Gasteiger partial charge in [0, 0.05) is 69.1 Å². The summed E-state index contributed by atoms with van der Waals surface area (Å²) >= 11 is 0. The molecule has 0 amide bonds. The zero-order valence-electron chi connectivity index (χ0n) is 23.6. The first-order chi connectivity index (χ1) is 20.2. The first kappa shape index (κ1) is 34.9. The number of ether oxygens (including phenoxy) is 1. The summed E-state index contributed by atoms with van der Waals surface area (Å²) in [5.74, 6) is -7.51. The number of carboxylic acids is 2. The van der Waals surface area contributed by atoms with Gasteiger partial charge >= 0.3 is 24.3 Å². The van der Waals surface area contributed by atoms with E-state index in [1.807, 2.05) is 29.0 Å². The largest absolute Gasteiger partial charge is 0.490 e. The van der Waals surface area contributed by atoms with E-state index in [0.29, 0.717) is 32.3 Å². The first-order valence-corrected chi connectivity index (χ1v) is 13.1. The molecule has 0 radical (unpaired) electrons. The molecule has 1 spiro atoms. The van der Waals surface area contributed by atoms with Gasteiger partial charge in [0.25, 0.3) is 5.92 Å². The van der Waals surface area contributed by atoms with Crippen LogP contribution in [0.5, 0.6) is 0 Å². The molecule has 2 N–H and O–H groups in total. The fourth-order valence-corrected chi connectivity index (χ4v) is 4.92. The number of carboxylic acid groups (broad SMARTS) is 2. The van der Waals surface area contributed by atoms with E-state index in [4.69, 9.17) is 29.5 Å². The second-order valence-electron chi connectivity index (χ2n) is 10.6. The number of aryl methyl sites for hydroxylation is 1. The predicted octanol–water partition coefficient (Wildman–Crippen LogP) is 3.69. The number of likely N-dealkylation sites (tertiary alicyclic amines) is 1. The van der Waals surface area contributed by atoms with Crippen LogP contribution in [0.1, 0.15) is 41.8 Å². The maximum atomic E-state index is 13.6. The van der Waals surface area contributed by atoms with Crippen LogP contribution in [0.2, 0.25) is 0 Å². The number of halogens is 8. The van der Waals surface area contributed by atoms with Crippen molar-refractivity contribution in [3.8, 4) is 0 Å². The van der Waals surface area contributed by atoms with E-state index >= 15 is 0 Å². The lowest BCUT2D eigenvalue weighted by Gasteiger charge is -2.36. The van der Waals surface area contributed by atoms with Gasteiger partial charge in [-0.1, -0.05) is 0 Å². The van der Waals surface area contributed by atoms with Crippen molar-refractivity contribution in [2.75, 3.05) is 37.7 Å². The molecule has 2 fully saturated rings. The van der Waals surface area contributed by atoms with Crippen molar-refractivity contribution in [3.63, 3.8) is 0 Å². The molecular formula is C25H30F8N6O5. The fourth-order valence-electron chi connectivity index (χ4n) is 4.92. The SMILES string of the molecule is Cc1c(CN2CCC3(COCc4cnc(N5CCC(F)(F)CC5)nc43)C2)cnn1C.O=C(O)C(F)(F)F.O=C(O)C(F)(F)F. The van der Waals surface area contributed by atoms with Crippen molar-refractivity contribution < 1.29 is 59.7 Å². The minimum atomic E-state index is -5.08. The Bertz CT molecular complexity index is 1300.